The van der Waals surface area contributed by atoms with Crippen molar-refractivity contribution in [1.82, 2.24) is 0 Å². The van der Waals surface area contributed by atoms with Gasteiger partial charge in [0.25, 0.3) is 0 Å². The molecule has 0 saturated carbocycles. The van der Waals surface area contributed by atoms with Gasteiger partial charge in [0.2, 0.25) is 6.79 Å². The van der Waals surface area contributed by atoms with Crippen LogP contribution >= 0.6 is 44.1 Å². The monoisotopic (exact) mass is 446 g/mol. The minimum atomic E-state index is -0.420. The summed E-state index contributed by atoms with van der Waals surface area (Å²) in [5.74, 6) is 0.908. The van der Waals surface area contributed by atoms with E-state index < -0.39 is 5.82 Å². The molecule has 8 heteroatoms. The van der Waals surface area contributed by atoms with Crippen LogP contribution in [0.15, 0.2) is 39.3 Å². The van der Waals surface area contributed by atoms with Crippen LogP contribution in [-0.4, -0.2) is 11.9 Å². The molecule has 1 aliphatic heterocycles. The zero-order valence-corrected chi connectivity index (χ0v) is 14.9. The number of thiocarbonyl (C=S) groups is 1. The van der Waals surface area contributed by atoms with Gasteiger partial charge in [0.1, 0.15) is 5.82 Å². The number of fused-ring (bicyclic) bond motifs is 1. The zero-order valence-electron chi connectivity index (χ0n) is 11.0. The van der Waals surface area contributed by atoms with Gasteiger partial charge < -0.3 is 20.1 Å². The Bertz CT molecular complexity index is 735. The smallest absolute Gasteiger partial charge is 0.231 e. The lowest BCUT2D eigenvalue weighted by Gasteiger charge is -2.13. The van der Waals surface area contributed by atoms with Crippen molar-refractivity contribution < 1.29 is 13.9 Å². The third-order valence-corrected chi connectivity index (χ3v) is 4.16. The molecule has 0 fully saturated rings. The van der Waals surface area contributed by atoms with Crippen LogP contribution in [0.5, 0.6) is 11.5 Å². The molecule has 0 saturated heterocycles. The van der Waals surface area contributed by atoms with Gasteiger partial charge in [0.05, 0.1) is 5.69 Å². The molecule has 0 bridgehead atoms. The number of anilines is 2. The Kier molecular flexibility index (Phi) is 4.51. The molecule has 0 aliphatic carbocycles. The van der Waals surface area contributed by atoms with Crippen molar-refractivity contribution in [3.63, 3.8) is 0 Å². The predicted molar refractivity (Wildman–Crippen MR) is 94.2 cm³/mol. The average molecular weight is 448 g/mol. The van der Waals surface area contributed by atoms with E-state index in [0.29, 0.717) is 20.4 Å². The van der Waals surface area contributed by atoms with E-state index in [1.165, 1.54) is 6.07 Å². The first-order chi connectivity index (χ1) is 10.5. The molecule has 1 aliphatic rings. The number of nitrogens with one attached hydrogen (secondary N) is 2. The van der Waals surface area contributed by atoms with E-state index in [1.54, 1.807) is 24.3 Å². The second kappa shape index (κ2) is 6.39. The molecule has 114 valence electrons. The Balaban J connectivity index is 1.73. The summed E-state index contributed by atoms with van der Waals surface area (Å²) in [6.45, 7) is 0.207. The summed E-state index contributed by atoms with van der Waals surface area (Å²) < 4.78 is 25.7. The van der Waals surface area contributed by atoms with Gasteiger partial charge in [0, 0.05) is 20.7 Å². The molecular weight excluding hydrogens is 439 g/mol. The Labute approximate surface area is 148 Å². The lowest BCUT2D eigenvalue weighted by Crippen LogP contribution is -2.20. The van der Waals surface area contributed by atoms with Crippen LogP contribution in [-0.2, 0) is 0 Å². The quantitative estimate of drug-likeness (QED) is 0.641. The molecule has 2 aromatic carbocycles. The predicted octanol–water partition coefficient (Wildman–Crippen LogP) is 4.89. The van der Waals surface area contributed by atoms with Gasteiger partial charge in [-0.15, -0.1) is 0 Å². The summed E-state index contributed by atoms with van der Waals surface area (Å²) in [6.07, 6.45) is 0. The van der Waals surface area contributed by atoms with Gasteiger partial charge in [-0.05, 0) is 52.4 Å². The standard InChI is InChI=1S/C14H9Br2FN2O2S/c15-7-3-9(16)13(10(17)4-7)19-14(22)18-8-1-2-11-12(5-8)21-6-20-11/h1-5H,6H2,(H2,18,19,22). The maximum atomic E-state index is 13.9. The van der Waals surface area contributed by atoms with E-state index in [0.717, 1.165) is 5.69 Å². The van der Waals surface area contributed by atoms with Crippen molar-refractivity contribution in [2.24, 2.45) is 0 Å². The lowest BCUT2D eigenvalue weighted by molar-refractivity contribution is 0.174. The second-order valence-electron chi connectivity index (χ2n) is 4.39. The first-order valence-electron chi connectivity index (χ1n) is 6.15. The summed E-state index contributed by atoms with van der Waals surface area (Å²) in [5.41, 5.74) is 0.983. The fourth-order valence-corrected chi connectivity index (χ4v) is 3.40. The highest BCUT2D eigenvalue weighted by Gasteiger charge is 2.14. The van der Waals surface area contributed by atoms with Gasteiger partial charge in [-0.25, -0.2) is 4.39 Å². The van der Waals surface area contributed by atoms with Gasteiger partial charge >= 0.3 is 0 Å². The van der Waals surface area contributed by atoms with E-state index >= 15 is 0 Å². The van der Waals surface area contributed by atoms with Gasteiger partial charge in [-0.1, -0.05) is 15.9 Å². The van der Waals surface area contributed by atoms with Gasteiger partial charge in [-0.2, -0.15) is 0 Å². The topological polar surface area (TPSA) is 42.5 Å². The molecule has 1 heterocycles. The first kappa shape index (κ1) is 15.5. The largest absolute Gasteiger partial charge is 0.454 e. The highest BCUT2D eigenvalue weighted by Crippen LogP contribution is 2.34. The Morgan fingerprint density at radius 1 is 1.09 bits per heavy atom. The van der Waals surface area contributed by atoms with Crippen LogP contribution in [0.3, 0.4) is 0 Å². The van der Waals surface area contributed by atoms with Crippen molar-refractivity contribution in [3.8, 4) is 11.5 Å². The third-order valence-electron chi connectivity index (χ3n) is 2.88. The maximum Gasteiger partial charge on any atom is 0.231 e. The Hall–Kier alpha value is -1.38. The van der Waals surface area contributed by atoms with E-state index in [9.17, 15) is 4.39 Å². The Morgan fingerprint density at radius 3 is 2.64 bits per heavy atom. The number of rotatable bonds is 2. The van der Waals surface area contributed by atoms with Crippen LogP contribution in [0.2, 0.25) is 0 Å². The van der Waals surface area contributed by atoms with E-state index in [2.05, 4.69) is 42.5 Å². The minimum absolute atomic E-state index is 0.207. The zero-order chi connectivity index (χ0) is 15.7. The average Bonchev–Trinajstić information content (AvgIpc) is 2.90. The molecule has 0 amide bonds. The normalized spacial score (nSPS) is 12.1. The van der Waals surface area contributed by atoms with Crippen molar-refractivity contribution >= 4 is 60.6 Å². The van der Waals surface area contributed by atoms with Crippen molar-refractivity contribution in [1.29, 1.82) is 0 Å². The summed E-state index contributed by atoms with van der Waals surface area (Å²) in [4.78, 5) is 0. The second-order valence-corrected chi connectivity index (χ2v) is 6.57. The third kappa shape index (κ3) is 3.34. The van der Waals surface area contributed by atoms with Crippen molar-refractivity contribution in [3.05, 3.63) is 45.1 Å². The highest BCUT2D eigenvalue weighted by molar-refractivity contribution is 9.11. The molecule has 22 heavy (non-hydrogen) atoms. The van der Waals surface area contributed by atoms with Crippen molar-refractivity contribution in [2.75, 3.05) is 17.4 Å². The summed E-state index contributed by atoms with van der Waals surface area (Å²) in [6, 6.07) is 8.44. The van der Waals surface area contributed by atoms with Crippen LogP contribution in [0.1, 0.15) is 0 Å². The number of hydrogen-bond donors (Lipinski definition) is 2. The Morgan fingerprint density at radius 2 is 1.86 bits per heavy atom. The van der Waals surface area contributed by atoms with E-state index in [-0.39, 0.29) is 17.6 Å². The minimum Gasteiger partial charge on any atom is -0.454 e. The molecule has 3 rings (SSSR count). The molecule has 2 aromatic rings. The van der Waals surface area contributed by atoms with Crippen LogP contribution in [0.4, 0.5) is 15.8 Å². The number of ether oxygens (including phenoxy) is 2. The fraction of sp³-hybridized carbons (Fsp3) is 0.0714. The van der Waals surface area contributed by atoms with Crippen LogP contribution in [0.25, 0.3) is 0 Å². The van der Waals surface area contributed by atoms with Gasteiger partial charge in [0.15, 0.2) is 16.6 Å². The van der Waals surface area contributed by atoms with E-state index in [4.69, 9.17) is 21.7 Å². The first-order valence-corrected chi connectivity index (χ1v) is 8.14. The fourth-order valence-electron chi connectivity index (χ4n) is 1.91. The van der Waals surface area contributed by atoms with Crippen LogP contribution < -0.4 is 20.1 Å². The van der Waals surface area contributed by atoms with Crippen LogP contribution in [0, 0.1) is 5.82 Å². The number of halogens is 3. The summed E-state index contributed by atoms with van der Waals surface area (Å²) >= 11 is 11.7. The molecule has 0 atom stereocenters. The molecule has 4 nitrogen and oxygen atoms in total. The van der Waals surface area contributed by atoms with E-state index in [1.807, 2.05) is 0 Å². The molecular formula is C14H9Br2FN2O2S. The maximum absolute atomic E-state index is 13.9. The number of benzene rings is 2. The molecule has 2 N–H and O–H groups in total. The highest BCUT2D eigenvalue weighted by atomic mass is 79.9. The molecule has 0 unspecified atom stereocenters. The molecule has 0 aromatic heterocycles. The lowest BCUT2D eigenvalue weighted by atomic mass is 10.3. The molecule has 0 spiro atoms. The summed E-state index contributed by atoms with van der Waals surface area (Å²) in [5, 5.41) is 6.07. The molecule has 0 radical (unpaired) electrons. The van der Waals surface area contributed by atoms with Crippen molar-refractivity contribution in [2.45, 2.75) is 0 Å². The number of hydrogen-bond acceptors (Lipinski definition) is 3. The SMILES string of the molecule is Fc1cc(Br)cc(Br)c1NC(=S)Nc1ccc2c(c1)OCO2. The van der Waals surface area contributed by atoms with Gasteiger partial charge in [-0.3, -0.25) is 0 Å². The summed E-state index contributed by atoms with van der Waals surface area (Å²) in [7, 11) is 0.